The first-order chi connectivity index (χ1) is 7.66. The van der Waals surface area contributed by atoms with Gasteiger partial charge in [-0.3, -0.25) is 0 Å². The normalized spacial score (nSPS) is 10.4. The van der Waals surface area contributed by atoms with E-state index in [1.54, 1.807) is 18.2 Å². The molecule has 84 valence electrons. The molecule has 2 nitrogen and oxygen atoms in total. The van der Waals surface area contributed by atoms with Gasteiger partial charge in [-0.25, -0.2) is 0 Å². The van der Waals surface area contributed by atoms with E-state index in [0.29, 0.717) is 21.3 Å². The van der Waals surface area contributed by atoms with Crippen molar-refractivity contribution < 1.29 is 4.42 Å². The average molecular weight is 321 g/mol. The molecule has 2 rings (SSSR count). The van der Waals surface area contributed by atoms with E-state index in [0.717, 1.165) is 11.4 Å². The maximum Gasteiger partial charge on any atom is 0.169 e. The van der Waals surface area contributed by atoms with E-state index in [4.69, 9.17) is 27.6 Å². The van der Waals surface area contributed by atoms with Crippen LogP contribution in [0.5, 0.6) is 0 Å². The minimum atomic E-state index is 0.537. The van der Waals surface area contributed by atoms with Crippen LogP contribution in [0.2, 0.25) is 10.0 Å². The maximum absolute atomic E-state index is 6.01. The van der Waals surface area contributed by atoms with Crippen LogP contribution in [0.3, 0.4) is 0 Å². The number of hydrogen-bond acceptors (Lipinski definition) is 2. The summed E-state index contributed by atoms with van der Waals surface area (Å²) < 4.78 is 6.06. The largest absolute Gasteiger partial charge is 0.452 e. The van der Waals surface area contributed by atoms with Gasteiger partial charge in [-0.05, 0) is 40.2 Å². The number of furan rings is 1. The number of halogens is 3. The van der Waals surface area contributed by atoms with Gasteiger partial charge in [-0.1, -0.05) is 29.3 Å². The number of benzene rings is 1. The van der Waals surface area contributed by atoms with Gasteiger partial charge in [0.1, 0.15) is 5.76 Å². The van der Waals surface area contributed by atoms with Crippen LogP contribution >= 0.6 is 39.1 Å². The molecule has 0 saturated heterocycles. The third kappa shape index (κ3) is 2.73. The zero-order valence-electron chi connectivity index (χ0n) is 8.14. The lowest BCUT2D eigenvalue weighted by Crippen LogP contribution is -1.99. The number of hydrogen-bond donors (Lipinski definition) is 1. The van der Waals surface area contributed by atoms with Crippen LogP contribution in [0.25, 0.3) is 0 Å². The number of anilines is 1. The van der Waals surface area contributed by atoms with E-state index >= 15 is 0 Å². The van der Waals surface area contributed by atoms with Crippen molar-refractivity contribution in [2.45, 2.75) is 6.54 Å². The van der Waals surface area contributed by atoms with Crippen LogP contribution in [0.4, 0.5) is 5.69 Å². The Morgan fingerprint density at radius 3 is 2.38 bits per heavy atom. The molecule has 1 heterocycles. The first-order valence-electron chi connectivity index (χ1n) is 4.59. The molecule has 0 aliphatic carbocycles. The van der Waals surface area contributed by atoms with Gasteiger partial charge in [0.2, 0.25) is 0 Å². The van der Waals surface area contributed by atoms with Crippen LogP contribution in [0.1, 0.15) is 5.76 Å². The smallest absolute Gasteiger partial charge is 0.169 e. The molecule has 0 amide bonds. The fraction of sp³-hybridized carbons (Fsp3) is 0.0909. The van der Waals surface area contributed by atoms with E-state index in [9.17, 15) is 0 Å². The van der Waals surface area contributed by atoms with Crippen LogP contribution in [-0.4, -0.2) is 0 Å². The Morgan fingerprint density at radius 2 is 1.81 bits per heavy atom. The number of nitrogens with one attached hydrogen (secondary N) is 1. The van der Waals surface area contributed by atoms with Gasteiger partial charge in [0.05, 0.1) is 22.3 Å². The predicted octanol–water partition coefficient (Wildman–Crippen LogP) is 4.96. The Bertz CT molecular complexity index is 478. The summed E-state index contributed by atoms with van der Waals surface area (Å²) in [6, 6.07) is 9.09. The molecule has 0 radical (unpaired) electrons. The van der Waals surface area contributed by atoms with Crippen molar-refractivity contribution in [1.29, 1.82) is 0 Å². The summed E-state index contributed by atoms with van der Waals surface area (Å²) in [6.45, 7) is 0.537. The molecule has 5 heteroatoms. The summed E-state index contributed by atoms with van der Waals surface area (Å²) in [6.07, 6.45) is 0. The Labute approximate surface area is 112 Å². The second-order valence-corrected chi connectivity index (χ2v) is 4.75. The van der Waals surface area contributed by atoms with Crippen molar-refractivity contribution >= 4 is 44.8 Å². The van der Waals surface area contributed by atoms with Gasteiger partial charge in [0.15, 0.2) is 4.67 Å². The van der Waals surface area contributed by atoms with Crippen LogP contribution in [0.15, 0.2) is 39.4 Å². The van der Waals surface area contributed by atoms with Crippen molar-refractivity contribution in [3.63, 3.8) is 0 Å². The van der Waals surface area contributed by atoms with Crippen molar-refractivity contribution in [3.8, 4) is 0 Å². The molecule has 0 atom stereocenters. The molecule has 0 spiro atoms. The lowest BCUT2D eigenvalue weighted by atomic mass is 10.3. The standard InChI is InChI=1S/C11H8BrCl2NO/c12-10-5-4-7(16-10)6-15-11-8(13)2-1-3-9(11)14/h1-5,15H,6H2. The Morgan fingerprint density at radius 1 is 1.12 bits per heavy atom. The lowest BCUT2D eigenvalue weighted by Gasteiger charge is -2.08. The molecule has 0 aliphatic heterocycles. The average Bonchev–Trinajstić information content (AvgIpc) is 2.63. The molecule has 0 aliphatic rings. The first kappa shape index (κ1) is 11.8. The number of rotatable bonds is 3. The SMILES string of the molecule is Clc1cccc(Cl)c1NCc1ccc(Br)o1. The number of para-hydroxylation sites is 1. The Hall–Kier alpha value is -0.640. The van der Waals surface area contributed by atoms with Crippen molar-refractivity contribution in [1.82, 2.24) is 0 Å². The predicted molar refractivity (Wildman–Crippen MR) is 70.2 cm³/mol. The Balaban J connectivity index is 2.10. The van der Waals surface area contributed by atoms with Crippen molar-refractivity contribution in [2.75, 3.05) is 5.32 Å². The summed E-state index contributed by atoms with van der Waals surface area (Å²) in [5, 5.41) is 4.32. The Kier molecular flexibility index (Phi) is 3.79. The summed E-state index contributed by atoms with van der Waals surface area (Å²) >= 11 is 15.3. The molecular weight excluding hydrogens is 313 g/mol. The second-order valence-electron chi connectivity index (χ2n) is 3.16. The molecule has 16 heavy (non-hydrogen) atoms. The van der Waals surface area contributed by atoms with Crippen molar-refractivity contribution in [2.24, 2.45) is 0 Å². The molecular formula is C11H8BrCl2NO. The van der Waals surface area contributed by atoms with E-state index in [1.165, 1.54) is 0 Å². The summed E-state index contributed by atoms with van der Waals surface area (Å²) in [7, 11) is 0. The minimum absolute atomic E-state index is 0.537. The highest BCUT2D eigenvalue weighted by Crippen LogP contribution is 2.30. The van der Waals surface area contributed by atoms with Crippen LogP contribution < -0.4 is 5.32 Å². The minimum Gasteiger partial charge on any atom is -0.452 e. The molecule has 1 aromatic heterocycles. The molecule has 0 bridgehead atoms. The van der Waals surface area contributed by atoms with Crippen LogP contribution in [0, 0.1) is 0 Å². The van der Waals surface area contributed by atoms with Gasteiger partial charge in [0.25, 0.3) is 0 Å². The highest BCUT2D eigenvalue weighted by atomic mass is 79.9. The molecule has 2 aromatic rings. The zero-order chi connectivity index (χ0) is 11.5. The summed E-state index contributed by atoms with van der Waals surface area (Å²) in [5.74, 6) is 0.808. The molecule has 0 unspecified atom stereocenters. The fourth-order valence-electron chi connectivity index (χ4n) is 1.29. The highest BCUT2D eigenvalue weighted by molar-refractivity contribution is 9.10. The third-order valence-corrected chi connectivity index (χ3v) is 3.09. The van der Waals surface area contributed by atoms with E-state index in [2.05, 4.69) is 21.2 Å². The lowest BCUT2D eigenvalue weighted by molar-refractivity contribution is 0.495. The topological polar surface area (TPSA) is 25.2 Å². The third-order valence-electron chi connectivity index (χ3n) is 2.03. The zero-order valence-corrected chi connectivity index (χ0v) is 11.2. The maximum atomic E-state index is 6.01. The van der Waals surface area contributed by atoms with E-state index in [1.807, 2.05) is 12.1 Å². The fourth-order valence-corrected chi connectivity index (χ4v) is 2.16. The van der Waals surface area contributed by atoms with Gasteiger partial charge in [-0.15, -0.1) is 0 Å². The summed E-state index contributed by atoms with van der Waals surface area (Å²) in [5.41, 5.74) is 0.721. The van der Waals surface area contributed by atoms with Crippen LogP contribution in [-0.2, 0) is 6.54 Å². The summed E-state index contributed by atoms with van der Waals surface area (Å²) in [4.78, 5) is 0. The molecule has 1 aromatic carbocycles. The van der Waals surface area contributed by atoms with Gasteiger partial charge in [-0.2, -0.15) is 0 Å². The highest BCUT2D eigenvalue weighted by Gasteiger charge is 2.06. The second kappa shape index (κ2) is 5.13. The van der Waals surface area contributed by atoms with Gasteiger partial charge in [0, 0.05) is 0 Å². The van der Waals surface area contributed by atoms with Crippen molar-refractivity contribution in [3.05, 3.63) is 50.8 Å². The van der Waals surface area contributed by atoms with Gasteiger partial charge < -0.3 is 9.73 Å². The van der Waals surface area contributed by atoms with E-state index < -0.39 is 0 Å². The van der Waals surface area contributed by atoms with E-state index in [-0.39, 0.29) is 0 Å². The quantitative estimate of drug-likeness (QED) is 0.864. The molecule has 0 saturated carbocycles. The molecule has 0 fully saturated rings. The monoisotopic (exact) mass is 319 g/mol. The molecule has 1 N–H and O–H groups in total. The van der Waals surface area contributed by atoms with Gasteiger partial charge >= 0.3 is 0 Å². The first-order valence-corrected chi connectivity index (χ1v) is 6.14.